The first-order valence-electron chi connectivity index (χ1n) is 7.64. The van der Waals surface area contributed by atoms with Crippen molar-refractivity contribution in [2.75, 3.05) is 0 Å². The Labute approximate surface area is 127 Å². The van der Waals surface area contributed by atoms with Crippen LogP contribution in [0.2, 0.25) is 0 Å². The predicted molar refractivity (Wildman–Crippen MR) is 86.3 cm³/mol. The van der Waals surface area contributed by atoms with Gasteiger partial charge in [0.25, 0.3) is 0 Å². The molecule has 0 bridgehead atoms. The first-order chi connectivity index (χ1) is 9.88. The van der Waals surface area contributed by atoms with Crippen LogP contribution >= 0.6 is 0 Å². The minimum Gasteiger partial charge on any atom is -0.388 e. The second-order valence-electron chi connectivity index (χ2n) is 6.34. The Morgan fingerprint density at radius 3 is 2.48 bits per heavy atom. The fourth-order valence-electron chi connectivity index (χ4n) is 2.82. The van der Waals surface area contributed by atoms with E-state index in [9.17, 15) is 5.11 Å². The Morgan fingerprint density at radius 1 is 1.19 bits per heavy atom. The van der Waals surface area contributed by atoms with E-state index in [2.05, 4.69) is 38.0 Å². The van der Waals surface area contributed by atoms with Gasteiger partial charge in [0.05, 0.1) is 11.8 Å². The molecule has 1 aromatic heterocycles. The normalized spacial score (nSPS) is 12.9. The summed E-state index contributed by atoms with van der Waals surface area (Å²) in [6, 6.07) is 8.32. The molecule has 0 aliphatic rings. The molecule has 2 rings (SSSR count). The van der Waals surface area contributed by atoms with Crippen LogP contribution in [-0.2, 0) is 19.9 Å². The molecule has 0 radical (unpaired) electrons. The Balaban J connectivity index is 2.18. The molecule has 0 saturated heterocycles. The van der Waals surface area contributed by atoms with Crippen molar-refractivity contribution in [3.63, 3.8) is 0 Å². The summed E-state index contributed by atoms with van der Waals surface area (Å²) in [7, 11) is 1.95. The third kappa shape index (κ3) is 3.73. The highest BCUT2D eigenvalue weighted by molar-refractivity contribution is 5.30. The van der Waals surface area contributed by atoms with Crippen LogP contribution in [0.15, 0.2) is 24.3 Å². The van der Waals surface area contributed by atoms with Crippen LogP contribution in [0.25, 0.3) is 0 Å². The molecule has 114 valence electrons. The molecule has 0 aliphatic carbocycles. The molecule has 1 unspecified atom stereocenters. The SMILES string of the molecule is Cc1nn(C)c(C)c1CC(O)c1cccc(CC(C)C)c1. The zero-order valence-corrected chi connectivity index (χ0v) is 13.7. The number of hydrogen-bond donors (Lipinski definition) is 1. The smallest absolute Gasteiger partial charge is 0.0831 e. The summed E-state index contributed by atoms with van der Waals surface area (Å²) in [5.74, 6) is 0.625. The molecular formula is C18H26N2O. The van der Waals surface area contributed by atoms with Crippen LogP contribution < -0.4 is 0 Å². The summed E-state index contributed by atoms with van der Waals surface area (Å²) in [5.41, 5.74) is 5.58. The van der Waals surface area contributed by atoms with Crippen LogP contribution in [-0.4, -0.2) is 14.9 Å². The summed E-state index contributed by atoms with van der Waals surface area (Å²) in [4.78, 5) is 0. The first-order valence-corrected chi connectivity index (χ1v) is 7.64. The molecule has 0 amide bonds. The highest BCUT2D eigenvalue weighted by Crippen LogP contribution is 2.23. The molecule has 0 fully saturated rings. The van der Waals surface area contributed by atoms with Crippen molar-refractivity contribution >= 4 is 0 Å². The van der Waals surface area contributed by atoms with Gasteiger partial charge in [0, 0.05) is 19.2 Å². The van der Waals surface area contributed by atoms with Gasteiger partial charge in [-0.2, -0.15) is 5.10 Å². The summed E-state index contributed by atoms with van der Waals surface area (Å²) in [6.45, 7) is 8.48. The Bertz CT molecular complexity index is 614. The van der Waals surface area contributed by atoms with Gasteiger partial charge in [0.1, 0.15) is 0 Å². The van der Waals surface area contributed by atoms with Gasteiger partial charge in [0.2, 0.25) is 0 Å². The minimum absolute atomic E-state index is 0.473. The average molecular weight is 286 g/mol. The second-order valence-corrected chi connectivity index (χ2v) is 6.34. The highest BCUT2D eigenvalue weighted by Gasteiger charge is 2.16. The predicted octanol–water partition coefficient (Wildman–Crippen LogP) is 3.51. The zero-order valence-electron chi connectivity index (χ0n) is 13.7. The Hall–Kier alpha value is -1.61. The monoisotopic (exact) mass is 286 g/mol. The molecule has 3 heteroatoms. The lowest BCUT2D eigenvalue weighted by atomic mass is 9.96. The van der Waals surface area contributed by atoms with E-state index in [4.69, 9.17) is 0 Å². The number of rotatable bonds is 5. The third-order valence-electron chi connectivity index (χ3n) is 4.04. The van der Waals surface area contributed by atoms with Crippen molar-refractivity contribution in [3.8, 4) is 0 Å². The lowest BCUT2D eigenvalue weighted by molar-refractivity contribution is 0.178. The van der Waals surface area contributed by atoms with Gasteiger partial charge in [-0.05, 0) is 42.9 Å². The maximum atomic E-state index is 10.6. The van der Waals surface area contributed by atoms with Crippen molar-refractivity contribution in [1.29, 1.82) is 0 Å². The van der Waals surface area contributed by atoms with E-state index >= 15 is 0 Å². The molecule has 0 spiro atoms. The zero-order chi connectivity index (χ0) is 15.6. The van der Waals surface area contributed by atoms with Crippen LogP contribution in [0.1, 0.15) is 48.0 Å². The van der Waals surface area contributed by atoms with E-state index in [1.54, 1.807) is 0 Å². The van der Waals surface area contributed by atoms with E-state index in [1.165, 1.54) is 5.56 Å². The number of benzene rings is 1. The molecule has 1 aromatic carbocycles. The van der Waals surface area contributed by atoms with Gasteiger partial charge < -0.3 is 5.11 Å². The molecule has 3 nitrogen and oxygen atoms in total. The fraction of sp³-hybridized carbons (Fsp3) is 0.500. The van der Waals surface area contributed by atoms with E-state index in [0.29, 0.717) is 12.3 Å². The number of nitrogens with zero attached hydrogens (tertiary/aromatic N) is 2. The van der Waals surface area contributed by atoms with Gasteiger partial charge in [-0.1, -0.05) is 38.1 Å². The molecule has 1 atom stereocenters. The molecular weight excluding hydrogens is 260 g/mol. The standard InChI is InChI=1S/C18H26N2O/c1-12(2)9-15-7-6-8-16(10-15)18(21)11-17-13(3)19-20(5)14(17)4/h6-8,10,12,18,21H,9,11H2,1-5H3. The number of aliphatic hydroxyl groups excluding tert-OH is 1. The lowest BCUT2D eigenvalue weighted by Crippen LogP contribution is -2.05. The van der Waals surface area contributed by atoms with E-state index in [1.807, 2.05) is 30.8 Å². The summed E-state index contributed by atoms with van der Waals surface area (Å²) in [5, 5.41) is 15.0. The van der Waals surface area contributed by atoms with Crippen molar-refractivity contribution in [1.82, 2.24) is 9.78 Å². The third-order valence-corrected chi connectivity index (χ3v) is 4.04. The number of aromatic nitrogens is 2. The van der Waals surface area contributed by atoms with Gasteiger partial charge in [0.15, 0.2) is 0 Å². The minimum atomic E-state index is -0.473. The van der Waals surface area contributed by atoms with Crippen molar-refractivity contribution in [2.24, 2.45) is 13.0 Å². The second kappa shape index (κ2) is 6.44. The van der Waals surface area contributed by atoms with E-state index < -0.39 is 6.10 Å². The van der Waals surface area contributed by atoms with E-state index in [0.717, 1.165) is 28.9 Å². The van der Waals surface area contributed by atoms with Crippen LogP contribution in [0, 0.1) is 19.8 Å². The first kappa shape index (κ1) is 15.8. The molecule has 1 N–H and O–H groups in total. The highest BCUT2D eigenvalue weighted by atomic mass is 16.3. The van der Waals surface area contributed by atoms with Crippen LogP contribution in [0.4, 0.5) is 0 Å². The van der Waals surface area contributed by atoms with Gasteiger partial charge in [-0.15, -0.1) is 0 Å². The molecule has 2 aromatic rings. The van der Waals surface area contributed by atoms with Gasteiger partial charge in [-0.3, -0.25) is 4.68 Å². The fourth-order valence-corrected chi connectivity index (χ4v) is 2.82. The maximum absolute atomic E-state index is 10.6. The van der Waals surface area contributed by atoms with E-state index in [-0.39, 0.29) is 0 Å². The van der Waals surface area contributed by atoms with Crippen molar-refractivity contribution < 1.29 is 5.11 Å². The Kier molecular flexibility index (Phi) is 4.84. The van der Waals surface area contributed by atoms with Gasteiger partial charge in [-0.25, -0.2) is 0 Å². The topological polar surface area (TPSA) is 38.0 Å². The number of aliphatic hydroxyl groups is 1. The van der Waals surface area contributed by atoms with Gasteiger partial charge >= 0.3 is 0 Å². The van der Waals surface area contributed by atoms with Crippen LogP contribution in [0.3, 0.4) is 0 Å². The molecule has 0 saturated carbocycles. The lowest BCUT2D eigenvalue weighted by Gasteiger charge is -2.14. The number of hydrogen-bond acceptors (Lipinski definition) is 2. The largest absolute Gasteiger partial charge is 0.388 e. The maximum Gasteiger partial charge on any atom is 0.0831 e. The Morgan fingerprint density at radius 2 is 1.90 bits per heavy atom. The summed E-state index contributed by atoms with van der Waals surface area (Å²) < 4.78 is 1.88. The van der Waals surface area contributed by atoms with Crippen LogP contribution in [0.5, 0.6) is 0 Å². The molecule has 21 heavy (non-hydrogen) atoms. The number of aryl methyl sites for hydroxylation is 2. The van der Waals surface area contributed by atoms with Crippen molar-refractivity contribution in [2.45, 2.75) is 46.6 Å². The molecule has 0 aliphatic heterocycles. The summed E-state index contributed by atoms with van der Waals surface area (Å²) in [6.07, 6.45) is 1.20. The molecule has 1 heterocycles. The van der Waals surface area contributed by atoms with Crippen molar-refractivity contribution in [3.05, 3.63) is 52.3 Å². The quantitative estimate of drug-likeness (QED) is 0.913. The summed E-state index contributed by atoms with van der Waals surface area (Å²) >= 11 is 0. The average Bonchev–Trinajstić information content (AvgIpc) is 2.65.